The number of aromatic nitrogens is 1. The van der Waals surface area contributed by atoms with Crippen molar-refractivity contribution >= 4 is 29.1 Å². The van der Waals surface area contributed by atoms with Gasteiger partial charge in [0.05, 0.1) is 22.2 Å². The molecule has 224 valence electrons. The Labute approximate surface area is 252 Å². The largest absolute Gasteiger partial charge is 0.391 e. The van der Waals surface area contributed by atoms with Crippen molar-refractivity contribution in [3.63, 3.8) is 0 Å². The van der Waals surface area contributed by atoms with Crippen LogP contribution < -0.4 is 10.6 Å². The zero-order chi connectivity index (χ0) is 30.4. The van der Waals surface area contributed by atoms with Gasteiger partial charge < -0.3 is 20.6 Å². The SMILES string of the molecule is CCc1cccc(CCC(=O)N[C@H](C(=O)N2C[C@H](O)C[C@H]2C(=O)NCc2ccc(-c3scnc3C)cc2)C(C)(C)C)c1. The van der Waals surface area contributed by atoms with E-state index in [-0.39, 0.29) is 37.1 Å². The molecule has 1 saturated heterocycles. The summed E-state index contributed by atoms with van der Waals surface area (Å²) in [6, 6.07) is 14.5. The van der Waals surface area contributed by atoms with E-state index in [1.54, 1.807) is 11.3 Å². The Morgan fingerprint density at radius 3 is 2.45 bits per heavy atom. The van der Waals surface area contributed by atoms with Gasteiger partial charge in [0.15, 0.2) is 0 Å². The fraction of sp³-hybridized carbons (Fsp3) is 0.455. The van der Waals surface area contributed by atoms with Crippen LogP contribution in [-0.4, -0.2) is 57.4 Å². The highest BCUT2D eigenvalue weighted by molar-refractivity contribution is 7.13. The Kier molecular flexibility index (Phi) is 10.2. The summed E-state index contributed by atoms with van der Waals surface area (Å²) in [4.78, 5) is 46.9. The first kappa shape index (κ1) is 31.4. The van der Waals surface area contributed by atoms with Gasteiger partial charge in [-0.15, -0.1) is 11.3 Å². The maximum atomic E-state index is 13.8. The zero-order valence-corrected chi connectivity index (χ0v) is 26.0. The minimum absolute atomic E-state index is 0.0477. The molecular weight excluding hydrogens is 548 g/mol. The van der Waals surface area contributed by atoms with E-state index < -0.39 is 23.6 Å². The van der Waals surface area contributed by atoms with Gasteiger partial charge in [-0.2, -0.15) is 0 Å². The number of amides is 3. The smallest absolute Gasteiger partial charge is 0.246 e. The van der Waals surface area contributed by atoms with E-state index in [9.17, 15) is 19.5 Å². The molecule has 42 heavy (non-hydrogen) atoms. The molecule has 1 aliphatic rings. The van der Waals surface area contributed by atoms with Crippen LogP contribution in [0.25, 0.3) is 10.4 Å². The van der Waals surface area contributed by atoms with Gasteiger partial charge in [0, 0.05) is 25.9 Å². The fourth-order valence-corrected chi connectivity index (χ4v) is 6.09. The number of hydrogen-bond acceptors (Lipinski definition) is 6. The first-order valence-corrected chi connectivity index (χ1v) is 15.5. The molecule has 9 heteroatoms. The molecule has 0 bridgehead atoms. The van der Waals surface area contributed by atoms with Crippen molar-refractivity contribution in [1.29, 1.82) is 0 Å². The van der Waals surface area contributed by atoms with Crippen molar-refractivity contribution in [3.05, 3.63) is 76.4 Å². The molecule has 4 rings (SSSR count). The van der Waals surface area contributed by atoms with Crippen LogP contribution in [0.4, 0.5) is 0 Å². The lowest BCUT2D eigenvalue weighted by atomic mass is 9.85. The second kappa shape index (κ2) is 13.6. The van der Waals surface area contributed by atoms with Gasteiger partial charge in [-0.05, 0) is 47.4 Å². The summed E-state index contributed by atoms with van der Waals surface area (Å²) >= 11 is 1.59. The molecule has 1 fully saturated rings. The molecule has 3 aromatic rings. The summed E-state index contributed by atoms with van der Waals surface area (Å²) < 4.78 is 0. The zero-order valence-electron chi connectivity index (χ0n) is 25.1. The number of benzene rings is 2. The maximum Gasteiger partial charge on any atom is 0.246 e. The molecule has 0 unspecified atom stereocenters. The summed E-state index contributed by atoms with van der Waals surface area (Å²) in [6.45, 7) is 10.1. The van der Waals surface area contributed by atoms with Crippen molar-refractivity contribution in [3.8, 4) is 10.4 Å². The molecule has 0 saturated carbocycles. The van der Waals surface area contributed by atoms with E-state index in [0.29, 0.717) is 13.0 Å². The highest BCUT2D eigenvalue weighted by Crippen LogP contribution is 2.28. The van der Waals surface area contributed by atoms with Gasteiger partial charge in [-0.25, -0.2) is 4.98 Å². The van der Waals surface area contributed by atoms with Crippen molar-refractivity contribution < 1.29 is 19.5 Å². The Morgan fingerprint density at radius 1 is 1.10 bits per heavy atom. The van der Waals surface area contributed by atoms with Crippen LogP contribution in [0.3, 0.4) is 0 Å². The number of carbonyl (C=O) groups excluding carboxylic acids is 3. The molecule has 0 aliphatic carbocycles. The Morgan fingerprint density at radius 2 is 1.81 bits per heavy atom. The predicted octanol–water partition coefficient (Wildman–Crippen LogP) is 4.42. The van der Waals surface area contributed by atoms with E-state index in [1.807, 2.05) is 69.6 Å². The van der Waals surface area contributed by atoms with Crippen molar-refractivity contribution in [2.75, 3.05) is 6.54 Å². The Hall–Kier alpha value is -3.56. The fourth-order valence-electron chi connectivity index (χ4n) is 5.28. The number of aliphatic hydroxyl groups excluding tert-OH is 1. The van der Waals surface area contributed by atoms with Crippen LogP contribution in [0.1, 0.15) is 62.9 Å². The third-order valence-corrected chi connectivity index (χ3v) is 8.73. The van der Waals surface area contributed by atoms with E-state index >= 15 is 0 Å². The molecule has 1 aromatic heterocycles. The second-order valence-corrected chi connectivity index (χ2v) is 13.0. The van der Waals surface area contributed by atoms with Crippen LogP contribution in [0, 0.1) is 12.3 Å². The number of aliphatic hydroxyl groups is 1. The number of nitrogens with zero attached hydrogens (tertiary/aromatic N) is 2. The van der Waals surface area contributed by atoms with Gasteiger partial charge in [0.2, 0.25) is 17.7 Å². The molecule has 0 spiro atoms. The molecule has 2 aromatic carbocycles. The number of aryl methyl sites for hydroxylation is 3. The van der Waals surface area contributed by atoms with E-state index in [1.165, 1.54) is 10.5 Å². The molecule has 0 radical (unpaired) electrons. The first-order valence-electron chi connectivity index (χ1n) is 14.6. The van der Waals surface area contributed by atoms with Crippen LogP contribution in [-0.2, 0) is 33.8 Å². The molecule has 2 heterocycles. The first-order chi connectivity index (χ1) is 20.0. The monoisotopic (exact) mass is 590 g/mol. The van der Waals surface area contributed by atoms with Gasteiger partial charge in [-0.3, -0.25) is 14.4 Å². The molecule has 3 atom stereocenters. The lowest BCUT2D eigenvalue weighted by molar-refractivity contribution is -0.144. The Balaban J connectivity index is 1.38. The van der Waals surface area contributed by atoms with Gasteiger partial charge in [-0.1, -0.05) is 76.2 Å². The summed E-state index contributed by atoms with van der Waals surface area (Å²) in [5.41, 5.74) is 6.51. The highest BCUT2D eigenvalue weighted by Gasteiger charge is 2.44. The summed E-state index contributed by atoms with van der Waals surface area (Å²) in [5.74, 6) is -0.898. The number of β-amino-alcohol motifs (C(OH)–C–C–N with tert-alkyl or cyclic N) is 1. The van der Waals surface area contributed by atoms with E-state index in [2.05, 4.69) is 34.7 Å². The van der Waals surface area contributed by atoms with Gasteiger partial charge >= 0.3 is 0 Å². The normalized spacial score (nSPS) is 17.6. The summed E-state index contributed by atoms with van der Waals surface area (Å²) in [7, 11) is 0. The number of hydrogen-bond donors (Lipinski definition) is 3. The van der Waals surface area contributed by atoms with Crippen LogP contribution in [0.2, 0.25) is 0 Å². The number of rotatable bonds is 10. The van der Waals surface area contributed by atoms with Crippen molar-refractivity contribution in [2.24, 2.45) is 5.41 Å². The lowest BCUT2D eigenvalue weighted by Crippen LogP contribution is -2.57. The molecular formula is C33H42N4O4S. The van der Waals surface area contributed by atoms with Crippen LogP contribution in [0.5, 0.6) is 0 Å². The van der Waals surface area contributed by atoms with Crippen molar-refractivity contribution in [1.82, 2.24) is 20.5 Å². The topological polar surface area (TPSA) is 112 Å². The van der Waals surface area contributed by atoms with Crippen LogP contribution >= 0.6 is 11.3 Å². The quantitative estimate of drug-likeness (QED) is 0.324. The molecule has 8 nitrogen and oxygen atoms in total. The van der Waals surface area contributed by atoms with Crippen LogP contribution in [0.15, 0.2) is 54.0 Å². The predicted molar refractivity (Wildman–Crippen MR) is 166 cm³/mol. The Bertz CT molecular complexity index is 1400. The molecule has 1 aliphatic heterocycles. The summed E-state index contributed by atoms with van der Waals surface area (Å²) in [5, 5.41) is 16.3. The summed E-state index contributed by atoms with van der Waals surface area (Å²) in [6.07, 6.45) is 1.09. The lowest BCUT2D eigenvalue weighted by Gasteiger charge is -2.35. The van der Waals surface area contributed by atoms with Gasteiger partial charge in [0.25, 0.3) is 0 Å². The third-order valence-electron chi connectivity index (χ3n) is 7.75. The average molecular weight is 591 g/mol. The molecule has 3 N–H and O–H groups in total. The number of likely N-dealkylation sites (tertiary alicyclic amines) is 1. The van der Waals surface area contributed by atoms with E-state index in [0.717, 1.165) is 33.7 Å². The number of carbonyl (C=O) groups is 3. The minimum Gasteiger partial charge on any atom is -0.391 e. The standard InChI is InChI=1S/C33H42N4O4S/c1-6-22-8-7-9-23(16-22)12-15-28(39)36-30(33(3,4)5)32(41)37-19-26(38)17-27(37)31(40)34-18-24-10-13-25(14-11-24)29-21(2)35-20-42-29/h7-11,13-14,16,20,26-27,30,38H,6,12,15,17-19H2,1-5H3,(H,34,40)(H,36,39)/t26-,27+,30-/m1/s1. The highest BCUT2D eigenvalue weighted by atomic mass is 32.1. The second-order valence-electron chi connectivity index (χ2n) is 12.1. The molecule has 3 amide bonds. The third kappa shape index (κ3) is 7.83. The van der Waals surface area contributed by atoms with Gasteiger partial charge in [0.1, 0.15) is 12.1 Å². The maximum absolute atomic E-state index is 13.8. The average Bonchev–Trinajstić information content (AvgIpc) is 3.58. The number of nitrogens with one attached hydrogen (secondary N) is 2. The van der Waals surface area contributed by atoms with E-state index in [4.69, 9.17) is 0 Å². The number of thiazole rings is 1. The van der Waals surface area contributed by atoms with Crippen molar-refractivity contribution in [2.45, 2.75) is 85.0 Å². The minimum atomic E-state index is -0.838.